The van der Waals surface area contributed by atoms with E-state index in [0.717, 1.165) is 31.2 Å². The van der Waals surface area contributed by atoms with E-state index in [4.69, 9.17) is 4.74 Å². The molecule has 0 spiro atoms. The second-order valence-electron chi connectivity index (χ2n) is 4.44. The second kappa shape index (κ2) is 4.83. The quantitative estimate of drug-likeness (QED) is 0.837. The smallest absolute Gasteiger partial charge is 0.165 e. The third kappa shape index (κ3) is 2.53. The van der Waals surface area contributed by atoms with Crippen LogP contribution in [-0.2, 0) is 0 Å². The van der Waals surface area contributed by atoms with Crippen molar-refractivity contribution in [2.45, 2.75) is 44.8 Å². The lowest BCUT2D eigenvalue weighted by Crippen LogP contribution is -2.34. The Labute approximate surface area is 95.1 Å². The van der Waals surface area contributed by atoms with Crippen molar-refractivity contribution >= 4 is 0 Å². The first-order chi connectivity index (χ1) is 7.66. The highest BCUT2D eigenvalue weighted by Crippen LogP contribution is 2.26. The van der Waals surface area contributed by atoms with Crippen LogP contribution in [0.4, 0.5) is 4.39 Å². The van der Waals surface area contributed by atoms with Gasteiger partial charge in [-0.3, -0.25) is 0 Å². The predicted molar refractivity (Wildman–Crippen MR) is 60.0 cm³/mol. The standard InChI is InChI=1S/C13H17FO2/c1-9-6-7-10(14)13(8-9)16-12-5-3-2-4-11(12)15/h6-8,11-12,15H,2-5H2,1H3. The van der Waals surface area contributed by atoms with E-state index in [1.807, 2.05) is 6.92 Å². The summed E-state index contributed by atoms with van der Waals surface area (Å²) in [4.78, 5) is 0. The zero-order valence-electron chi connectivity index (χ0n) is 9.45. The monoisotopic (exact) mass is 224 g/mol. The van der Waals surface area contributed by atoms with Crippen molar-refractivity contribution in [2.24, 2.45) is 0 Å². The maximum atomic E-state index is 13.4. The molecule has 3 heteroatoms. The van der Waals surface area contributed by atoms with Gasteiger partial charge in [-0.05, 0) is 43.9 Å². The third-order valence-electron chi connectivity index (χ3n) is 3.03. The van der Waals surface area contributed by atoms with Crippen molar-refractivity contribution in [1.29, 1.82) is 0 Å². The van der Waals surface area contributed by atoms with Crippen LogP contribution in [-0.4, -0.2) is 17.3 Å². The molecule has 0 amide bonds. The fraction of sp³-hybridized carbons (Fsp3) is 0.538. The lowest BCUT2D eigenvalue weighted by molar-refractivity contribution is 0.00496. The van der Waals surface area contributed by atoms with E-state index in [-0.39, 0.29) is 17.7 Å². The number of ether oxygens (including phenoxy) is 1. The fourth-order valence-corrected chi connectivity index (χ4v) is 2.08. The van der Waals surface area contributed by atoms with Crippen molar-refractivity contribution in [3.8, 4) is 5.75 Å². The summed E-state index contributed by atoms with van der Waals surface area (Å²) in [5, 5.41) is 9.74. The van der Waals surface area contributed by atoms with Gasteiger partial charge in [0.1, 0.15) is 6.10 Å². The van der Waals surface area contributed by atoms with Gasteiger partial charge >= 0.3 is 0 Å². The minimum Gasteiger partial charge on any atom is -0.485 e. The summed E-state index contributed by atoms with van der Waals surface area (Å²) in [7, 11) is 0. The largest absolute Gasteiger partial charge is 0.485 e. The molecule has 2 rings (SSSR count). The molecule has 2 atom stereocenters. The zero-order valence-corrected chi connectivity index (χ0v) is 9.45. The second-order valence-corrected chi connectivity index (χ2v) is 4.44. The van der Waals surface area contributed by atoms with Gasteiger partial charge in [-0.15, -0.1) is 0 Å². The van der Waals surface area contributed by atoms with Crippen molar-refractivity contribution in [1.82, 2.24) is 0 Å². The van der Waals surface area contributed by atoms with Gasteiger partial charge in [0.2, 0.25) is 0 Å². The molecular weight excluding hydrogens is 207 g/mol. The average molecular weight is 224 g/mol. The maximum absolute atomic E-state index is 13.4. The lowest BCUT2D eigenvalue weighted by Gasteiger charge is -2.28. The molecular formula is C13H17FO2. The Hall–Kier alpha value is -1.09. The van der Waals surface area contributed by atoms with E-state index in [1.165, 1.54) is 6.07 Å². The molecule has 2 nitrogen and oxygen atoms in total. The summed E-state index contributed by atoms with van der Waals surface area (Å²) in [6.07, 6.45) is 2.89. The first kappa shape index (κ1) is 11.4. The molecule has 0 saturated heterocycles. The Kier molecular flexibility index (Phi) is 3.44. The number of aliphatic hydroxyl groups is 1. The molecule has 1 aromatic rings. The van der Waals surface area contributed by atoms with Crippen molar-refractivity contribution in [3.63, 3.8) is 0 Å². The van der Waals surface area contributed by atoms with Crippen LogP contribution in [0.3, 0.4) is 0 Å². The van der Waals surface area contributed by atoms with Gasteiger partial charge in [-0.25, -0.2) is 4.39 Å². The summed E-state index contributed by atoms with van der Waals surface area (Å²) in [5.74, 6) is -0.102. The van der Waals surface area contributed by atoms with E-state index >= 15 is 0 Å². The zero-order chi connectivity index (χ0) is 11.5. The Bertz CT molecular complexity index is 365. The highest BCUT2D eigenvalue weighted by Gasteiger charge is 2.25. The maximum Gasteiger partial charge on any atom is 0.165 e. The molecule has 0 aliphatic heterocycles. The average Bonchev–Trinajstić information content (AvgIpc) is 2.27. The first-order valence-electron chi connectivity index (χ1n) is 5.77. The topological polar surface area (TPSA) is 29.5 Å². The van der Waals surface area contributed by atoms with Crippen molar-refractivity contribution in [2.75, 3.05) is 0 Å². The van der Waals surface area contributed by atoms with Gasteiger partial charge in [0.25, 0.3) is 0 Å². The minimum absolute atomic E-state index is 0.256. The van der Waals surface area contributed by atoms with Gasteiger partial charge in [-0.2, -0.15) is 0 Å². The van der Waals surface area contributed by atoms with Crippen molar-refractivity contribution in [3.05, 3.63) is 29.6 Å². The van der Waals surface area contributed by atoms with Gasteiger partial charge in [0.15, 0.2) is 11.6 Å². The highest BCUT2D eigenvalue weighted by atomic mass is 19.1. The molecule has 0 aromatic heterocycles. The molecule has 1 aliphatic carbocycles. The third-order valence-corrected chi connectivity index (χ3v) is 3.03. The van der Waals surface area contributed by atoms with E-state index in [0.29, 0.717) is 0 Å². The van der Waals surface area contributed by atoms with E-state index in [1.54, 1.807) is 12.1 Å². The molecule has 1 aliphatic rings. The first-order valence-corrected chi connectivity index (χ1v) is 5.77. The molecule has 0 radical (unpaired) electrons. The number of aryl methyl sites for hydroxylation is 1. The summed E-state index contributed by atoms with van der Waals surface area (Å²) in [6.45, 7) is 1.89. The normalized spacial score (nSPS) is 25.4. The molecule has 88 valence electrons. The number of halogens is 1. The van der Waals surface area contributed by atoms with Gasteiger partial charge in [0, 0.05) is 0 Å². The summed E-state index contributed by atoms with van der Waals surface area (Å²) >= 11 is 0. The SMILES string of the molecule is Cc1ccc(F)c(OC2CCCCC2O)c1. The molecule has 0 heterocycles. The summed E-state index contributed by atoms with van der Waals surface area (Å²) in [5.41, 5.74) is 0.960. The Balaban J connectivity index is 2.10. The summed E-state index contributed by atoms with van der Waals surface area (Å²) < 4.78 is 19.0. The molecule has 1 saturated carbocycles. The number of benzene rings is 1. The van der Waals surface area contributed by atoms with Crippen LogP contribution in [0.25, 0.3) is 0 Å². The van der Waals surface area contributed by atoms with Crippen LogP contribution in [0, 0.1) is 12.7 Å². The number of hydrogen-bond donors (Lipinski definition) is 1. The van der Waals surface area contributed by atoms with E-state index in [9.17, 15) is 9.50 Å². The fourth-order valence-electron chi connectivity index (χ4n) is 2.08. The van der Waals surface area contributed by atoms with E-state index < -0.39 is 6.10 Å². The van der Waals surface area contributed by atoms with Gasteiger partial charge in [0.05, 0.1) is 6.10 Å². The van der Waals surface area contributed by atoms with Crippen LogP contribution in [0.1, 0.15) is 31.2 Å². The molecule has 1 aromatic carbocycles. The Morgan fingerprint density at radius 1 is 1.31 bits per heavy atom. The van der Waals surface area contributed by atoms with Crippen molar-refractivity contribution < 1.29 is 14.2 Å². The Morgan fingerprint density at radius 2 is 2.06 bits per heavy atom. The molecule has 16 heavy (non-hydrogen) atoms. The van der Waals surface area contributed by atoms with Gasteiger partial charge in [-0.1, -0.05) is 12.5 Å². The van der Waals surface area contributed by atoms with Crippen LogP contribution in [0.2, 0.25) is 0 Å². The molecule has 2 unspecified atom stereocenters. The molecule has 1 fully saturated rings. The molecule has 0 bridgehead atoms. The van der Waals surface area contributed by atoms with Crippen LogP contribution in [0.15, 0.2) is 18.2 Å². The summed E-state index contributed by atoms with van der Waals surface area (Å²) in [6, 6.07) is 4.79. The number of rotatable bonds is 2. The van der Waals surface area contributed by atoms with E-state index in [2.05, 4.69) is 0 Å². The minimum atomic E-state index is -0.464. The van der Waals surface area contributed by atoms with Gasteiger partial charge < -0.3 is 9.84 Å². The van der Waals surface area contributed by atoms with Crippen LogP contribution in [0.5, 0.6) is 5.75 Å². The molecule has 1 N–H and O–H groups in total. The number of hydrogen-bond acceptors (Lipinski definition) is 2. The van der Waals surface area contributed by atoms with Crippen LogP contribution >= 0.6 is 0 Å². The Morgan fingerprint density at radius 3 is 2.81 bits per heavy atom. The lowest BCUT2D eigenvalue weighted by atomic mass is 9.95. The predicted octanol–water partition coefficient (Wildman–Crippen LogP) is 2.82. The highest BCUT2D eigenvalue weighted by molar-refractivity contribution is 5.29. The number of aliphatic hydroxyl groups excluding tert-OH is 1. The van der Waals surface area contributed by atoms with Crippen LogP contribution < -0.4 is 4.74 Å².